The molecule has 2 nitrogen and oxygen atoms in total. The molecule has 1 N–H and O–H groups in total. The summed E-state index contributed by atoms with van der Waals surface area (Å²) in [6, 6.07) is 4.33. The molecular weight excluding hydrogens is 241 g/mol. The molecular formula is C13H15ClFNO. The van der Waals surface area contributed by atoms with Gasteiger partial charge >= 0.3 is 0 Å². The molecule has 4 heteroatoms. The minimum absolute atomic E-state index is 0.00592. The first-order chi connectivity index (χ1) is 8.06. The molecule has 0 saturated heterocycles. The molecule has 0 heterocycles. The van der Waals surface area contributed by atoms with Gasteiger partial charge in [0.25, 0.3) is 5.91 Å². The molecule has 0 aromatic heterocycles. The molecule has 92 valence electrons. The van der Waals surface area contributed by atoms with Crippen LogP contribution in [0, 0.1) is 12.7 Å². The van der Waals surface area contributed by atoms with Crippen LogP contribution in [0.5, 0.6) is 0 Å². The molecule has 0 aliphatic heterocycles. The van der Waals surface area contributed by atoms with Gasteiger partial charge in [0.2, 0.25) is 0 Å². The number of carbonyl (C=O) groups is 1. The summed E-state index contributed by atoms with van der Waals surface area (Å²) in [6.45, 7) is 1.76. The van der Waals surface area contributed by atoms with Gasteiger partial charge in [0.1, 0.15) is 5.82 Å². The van der Waals surface area contributed by atoms with E-state index in [9.17, 15) is 9.18 Å². The van der Waals surface area contributed by atoms with E-state index in [2.05, 4.69) is 5.32 Å². The Labute approximate surface area is 105 Å². The largest absolute Gasteiger partial charge is 0.348 e. The van der Waals surface area contributed by atoms with Crippen molar-refractivity contribution in [3.05, 3.63) is 35.1 Å². The minimum Gasteiger partial charge on any atom is -0.348 e. The van der Waals surface area contributed by atoms with Gasteiger partial charge in [-0.25, -0.2) is 4.39 Å². The van der Waals surface area contributed by atoms with Gasteiger partial charge in [-0.3, -0.25) is 4.79 Å². The van der Waals surface area contributed by atoms with Crippen LogP contribution < -0.4 is 5.32 Å². The summed E-state index contributed by atoms with van der Waals surface area (Å²) in [7, 11) is 0. The highest BCUT2D eigenvalue weighted by Crippen LogP contribution is 2.24. The number of aryl methyl sites for hydroxylation is 1. The second-order valence-corrected chi connectivity index (χ2v) is 5.10. The highest BCUT2D eigenvalue weighted by Gasteiger charge is 2.26. The van der Waals surface area contributed by atoms with Crippen LogP contribution in [0.1, 0.15) is 35.2 Å². The van der Waals surface area contributed by atoms with Crippen molar-refractivity contribution in [2.24, 2.45) is 0 Å². The zero-order chi connectivity index (χ0) is 12.4. The number of rotatable bonds is 2. The predicted octanol–water partition coefficient (Wildman–Crippen LogP) is 3.02. The third kappa shape index (κ3) is 2.97. The second kappa shape index (κ2) is 5.05. The van der Waals surface area contributed by atoms with Gasteiger partial charge in [0.15, 0.2) is 0 Å². The topological polar surface area (TPSA) is 29.1 Å². The van der Waals surface area contributed by atoms with Crippen molar-refractivity contribution in [1.82, 2.24) is 5.32 Å². The monoisotopic (exact) mass is 255 g/mol. The van der Waals surface area contributed by atoms with E-state index in [1.165, 1.54) is 12.1 Å². The molecule has 17 heavy (non-hydrogen) atoms. The standard InChI is InChI=1S/C13H15ClFNO/c1-8-5-9(7-10(15)6-8)13(17)16-12-4-2-3-11(12)14/h5-7,11-12H,2-4H2,1H3,(H,16,17). The molecule has 2 atom stereocenters. The normalized spacial score (nSPS) is 23.7. The molecule has 1 amide bonds. The van der Waals surface area contributed by atoms with Crippen LogP contribution in [0.4, 0.5) is 4.39 Å². The van der Waals surface area contributed by atoms with Gasteiger partial charge in [-0.1, -0.05) is 0 Å². The number of hydrogen-bond acceptors (Lipinski definition) is 1. The molecule has 2 rings (SSSR count). The first-order valence-corrected chi connectivity index (χ1v) is 6.22. The maximum atomic E-state index is 13.2. The van der Waals surface area contributed by atoms with Crippen molar-refractivity contribution in [2.45, 2.75) is 37.6 Å². The van der Waals surface area contributed by atoms with E-state index in [1.807, 2.05) is 0 Å². The average Bonchev–Trinajstić information content (AvgIpc) is 2.63. The number of hydrogen-bond donors (Lipinski definition) is 1. The lowest BCUT2D eigenvalue weighted by atomic mass is 10.1. The summed E-state index contributed by atoms with van der Waals surface area (Å²) in [5.74, 6) is -0.630. The highest BCUT2D eigenvalue weighted by atomic mass is 35.5. The van der Waals surface area contributed by atoms with Gasteiger partial charge in [-0.05, 0) is 49.9 Å². The van der Waals surface area contributed by atoms with Gasteiger partial charge in [0.05, 0.1) is 5.38 Å². The number of benzene rings is 1. The molecule has 1 fully saturated rings. The summed E-state index contributed by atoms with van der Waals surface area (Å²) in [5, 5.41) is 2.86. The first-order valence-electron chi connectivity index (χ1n) is 5.78. The number of halogens is 2. The fourth-order valence-corrected chi connectivity index (χ4v) is 2.54. The van der Waals surface area contributed by atoms with Gasteiger partial charge in [-0.2, -0.15) is 0 Å². The Morgan fingerprint density at radius 2 is 2.18 bits per heavy atom. The Morgan fingerprint density at radius 1 is 1.41 bits per heavy atom. The van der Waals surface area contributed by atoms with Crippen LogP contribution in [-0.4, -0.2) is 17.3 Å². The van der Waals surface area contributed by atoms with Crippen LogP contribution >= 0.6 is 11.6 Å². The van der Waals surface area contributed by atoms with E-state index in [0.29, 0.717) is 5.56 Å². The third-order valence-corrected chi connectivity index (χ3v) is 3.57. The molecule has 2 unspecified atom stereocenters. The van der Waals surface area contributed by atoms with Crippen LogP contribution in [0.15, 0.2) is 18.2 Å². The minimum atomic E-state index is -0.385. The molecule has 1 aromatic carbocycles. The number of carbonyl (C=O) groups excluding carboxylic acids is 1. The summed E-state index contributed by atoms with van der Waals surface area (Å²) in [6.07, 6.45) is 2.85. The second-order valence-electron chi connectivity index (χ2n) is 4.54. The van der Waals surface area contributed by atoms with Crippen LogP contribution in [0.3, 0.4) is 0 Å². The van der Waals surface area contributed by atoms with Gasteiger partial charge in [0, 0.05) is 11.6 Å². The van der Waals surface area contributed by atoms with Crippen LogP contribution in [-0.2, 0) is 0 Å². The third-order valence-electron chi connectivity index (χ3n) is 3.05. The zero-order valence-corrected chi connectivity index (χ0v) is 10.4. The quantitative estimate of drug-likeness (QED) is 0.809. The number of alkyl halides is 1. The summed E-state index contributed by atoms with van der Waals surface area (Å²) in [5.41, 5.74) is 1.10. The number of nitrogens with one attached hydrogen (secondary N) is 1. The van der Waals surface area contributed by atoms with E-state index < -0.39 is 0 Å². The Bertz CT molecular complexity index is 415. The van der Waals surface area contributed by atoms with Crippen molar-refractivity contribution in [3.63, 3.8) is 0 Å². The van der Waals surface area contributed by atoms with Gasteiger partial charge in [-0.15, -0.1) is 11.6 Å². The lowest BCUT2D eigenvalue weighted by Gasteiger charge is -2.16. The van der Waals surface area contributed by atoms with E-state index in [1.54, 1.807) is 13.0 Å². The van der Waals surface area contributed by atoms with E-state index in [4.69, 9.17) is 11.6 Å². The van der Waals surface area contributed by atoms with E-state index in [-0.39, 0.29) is 23.1 Å². The molecule has 0 radical (unpaired) electrons. The highest BCUT2D eigenvalue weighted by molar-refractivity contribution is 6.21. The van der Waals surface area contributed by atoms with Crippen molar-refractivity contribution in [2.75, 3.05) is 0 Å². The summed E-state index contributed by atoms with van der Waals surface area (Å²) < 4.78 is 13.2. The Balaban J connectivity index is 2.09. The first kappa shape index (κ1) is 12.4. The van der Waals surface area contributed by atoms with Crippen molar-refractivity contribution >= 4 is 17.5 Å². The van der Waals surface area contributed by atoms with E-state index >= 15 is 0 Å². The van der Waals surface area contributed by atoms with Crippen molar-refractivity contribution in [1.29, 1.82) is 0 Å². The molecule has 1 saturated carbocycles. The van der Waals surface area contributed by atoms with E-state index in [0.717, 1.165) is 24.8 Å². The van der Waals surface area contributed by atoms with Crippen LogP contribution in [0.25, 0.3) is 0 Å². The van der Waals surface area contributed by atoms with Crippen LogP contribution in [0.2, 0.25) is 0 Å². The van der Waals surface area contributed by atoms with Gasteiger partial charge < -0.3 is 5.32 Å². The van der Waals surface area contributed by atoms with Crippen molar-refractivity contribution < 1.29 is 9.18 Å². The Kier molecular flexibility index (Phi) is 3.67. The average molecular weight is 256 g/mol. The fraction of sp³-hybridized carbons (Fsp3) is 0.462. The molecule has 1 aliphatic rings. The zero-order valence-electron chi connectivity index (χ0n) is 9.67. The smallest absolute Gasteiger partial charge is 0.251 e. The Morgan fingerprint density at radius 3 is 2.76 bits per heavy atom. The Hall–Kier alpha value is -1.09. The summed E-state index contributed by atoms with van der Waals surface area (Å²) >= 11 is 6.08. The molecule has 1 aromatic rings. The predicted molar refractivity (Wildman–Crippen MR) is 65.9 cm³/mol. The fourth-order valence-electron chi connectivity index (χ4n) is 2.20. The maximum absolute atomic E-state index is 13.2. The molecule has 0 bridgehead atoms. The SMILES string of the molecule is Cc1cc(F)cc(C(=O)NC2CCCC2Cl)c1. The molecule has 0 spiro atoms. The van der Waals surface area contributed by atoms with Crippen molar-refractivity contribution in [3.8, 4) is 0 Å². The number of amides is 1. The lowest BCUT2D eigenvalue weighted by molar-refractivity contribution is 0.0938. The summed E-state index contributed by atoms with van der Waals surface area (Å²) in [4.78, 5) is 11.9. The lowest BCUT2D eigenvalue weighted by Crippen LogP contribution is -2.37. The maximum Gasteiger partial charge on any atom is 0.251 e. The molecule has 1 aliphatic carbocycles.